The maximum absolute atomic E-state index is 12.6. The maximum atomic E-state index is 12.6. The van der Waals surface area contributed by atoms with Gasteiger partial charge in [-0.3, -0.25) is 19.7 Å². The van der Waals surface area contributed by atoms with Gasteiger partial charge in [0.05, 0.1) is 0 Å². The Hall–Kier alpha value is -2.61. The molecule has 2 aliphatic heterocycles. The van der Waals surface area contributed by atoms with Crippen molar-refractivity contribution in [3.63, 3.8) is 0 Å². The van der Waals surface area contributed by atoms with Crippen LogP contribution in [-0.2, 0) is 16.1 Å². The quantitative estimate of drug-likeness (QED) is 0.503. The lowest BCUT2D eigenvalue weighted by molar-refractivity contribution is -0.136. The van der Waals surface area contributed by atoms with Crippen molar-refractivity contribution in [3.8, 4) is 11.8 Å². The number of unbranched alkanes of at least 4 members (excludes halogenated alkanes) is 4. The molecule has 26 heavy (non-hydrogen) atoms. The molecule has 1 saturated heterocycles. The van der Waals surface area contributed by atoms with Crippen LogP contribution in [0.1, 0.15) is 73.4 Å². The van der Waals surface area contributed by atoms with Gasteiger partial charge in [-0.25, -0.2) is 0 Å². The summed E-state index contributed by atoms with van der Waals surface area (Å²) in [5.41, 5.74) is 2.43. The van der Waals surface area contributed by atoms with Crippen LogP contribution in [0.15, 0.2) is 18.2 Å². The minimum absolute atomic E-state index is 0.145. The molecule has 3 amide bonds. The molecule has 0 aromatic heterocycles. The second kappa shape index (κ2) is 8.18. The minimum Gasteiger partial charge on any atom is -0.322 e. The normalized spacial score (nSPS) is 19.0. The van der Waals surface area contributed by atoms with Crippen LogP contribution in [0.25, 0.3) is 0 Å². The van der Waals surface area contributed by atoms with Gasteiger partial charge >= 0.3 is 0 Å². The first kappa shape index (κ1) is 18.2. The van der Waals surface area contributed by atoms with Crippen molar-refractivity contribution in [1.29, 1.82) is 0 Å². The van der Waals surface area contributed by atoms with Gasteiger partial charge in [0.25, 0.3) is 5.91 Å². The number of piperidine rings is 1. The molecule has 136 valence electrons. The fourth-order valence-corrected chi connectivity index (χ4v) is 3.46. The van der Waals surface area contributed by atoms with Gasteiger partial charge in [0.2, 0.25) is 11.8 Å². The van der Waals surface area contributed by atoms with E-state index in [1.807, 2.05) is 12.1 Å². The molecule has 1 atom stereocenters. The molecule has 1 N–H and O–H groups in total. The summed E-state index contributed by atoms with van der Waals surface area (Å²) >= 11 is 0. The number of nitrogens with zero attached hydrogens (tertiary/aromatic N) is 1. The van der Waals surface area contributed by atoms with Gasteiger partial charge in [-0.15, -0.1) is 0 Å². The third kappa shape index (κ3) is 3.96. The van der Waals surface area contributed by atoms with Crippen LogP contribution in [0, 0.1) is 11.8 Å². The average molecular weight is 352 g/mol. The van der Waals surface area contributed by atoms with Gasteiger partial charge in [0.15, 0.2) is 0 Å². The van der Waals surface area contributed by atoms with E-state index >= 15 is 0 Å². The molecule has 1 aromatic rings. The van der Waals surface area contributed by atoms with E-state index < -0.39 is 6.04 Å². The molecule has 1 fully saturated rings. The summed E-state index contributed by atoms with van der Waals surface area (Å²) in [5.74, 6) is 5.57. The third-order valence-electron chi connectivity index (χ3n) is 4.91. The standard InChI is InChI=1S/C21H24N2O3/c1-2-3-4-5-6-7-8-15-9-10-17-16(13-15)14-23(21(17)26)18-11-12-19(24)22-20(18)25/h9-10,13,18H,2-6,11-12,14H2,1H3,(H,22,24,25). The Labute approximate surface area is 154 Å². The van der Waals surface area contributed by atoms with E-state index in [9.17, 15) is 14.4 Å². The number of fused-ring (bicyclic) bond motifs is 1. The van der Waals surface area contributed by atoms with Gasteiger partial charge < -0.3 is 4.90 Å². The number of hydrogen-bond acceptors (Lipinski definition) is 3. The van der Waals surface area contributed by atoms with E-state index in [0.29, 0.717) is 18.5 Å². The van der Waals surface area contributed by atoms with Crippen molar-refractivity contribution < 1.29 is 14.4 Å². The Kier molecular flexibility index (Phi) is 5.72. The van der Waals surface area contributed by atoms with E-state index in [1.165, 1.54) is 19.3 Å². The van der Waals surface area contributed by atoms with E-state index in [1.54, 1.807) is 11.0 Å². The van der Waals surface area contributed by atoms with E-state index in [0.717, 1.165) is 24.0 Å². The number of nitrogens with one attached hydrogen (secondary N) is 1. The summed E-state index contributed by atoms with van der Waals surface area (Å²) in [6.45, 7) is 2.59. The molecule has 3 rings (SSSR count). The summed E-state index contributed by atoms with van der Waals surface area (Å²) in [5, 5.41) is 2.32. The summed E-state index contributed by atoms with van der Waals surface area (Å²) in [6.07, 6.45) is 6.34. The SMILES string of the molecule is CCCCCCC#Cc1ccc2c(c1)CN(C1CCC(=O)NC1=O)C2=O. The topological polar surface area (TPSA) is 66.5 Å². The lowest BCUT2D eigenvalue weighted by atomic mass is 10.0. The Morgan fingerprint density at radius 3 is 2.81 bits per heavy atom. The summed E-state index contributed by atoms with van der Waals surface area (Å²) in [7, 11) is 0. The zero-order valence-corrected chi connectivity index (χ0v) is 15.1. The van der Waals surface area contributed by atoms with Gasteiger partial charge in [-0.2, -0.15) is 0 Å². The fraction of sp³-hybridized carbons (Fsp3) is 0.476. The lowest BCUT2D eigenvalue weighted by Gasteiger charge is -2.29. The van der Waals surface area contributed by atoms with Crippen LogP contribution in [0.2, 0.25) is 0 Å². The fourth-order valence-electron chi connectivity index (χ4n) is 3.46. The van der Waals surface area contributed by atoms with Crippen molar-refractivity contribution in [2.75, 3.05) is 0 Å². The zero-order valence-electron chi connectivity index (χ0n) is 15.1. The van der Waals surface area contributed by atoms with Crippen LogP contribution >= 0.6 is 0 Å². The molecule has 0 saturated carbocycles. The third-order valence-corrected chi connectivity index (χ3v) is 4.91. The Balaban J connectivity index is 1.66. The first-order valence-corrected chi connectivity index (χ1v) is 9.36. The van der Waals surface area contributed by atoms with Crippen molar-refractivity contribution >= 4 is 17.7 Å². The second-order valence-corrected chi connectivity index (χ2v) is 6.88. The predicted octanol–water partition coefficient (Wildman–Crippen LogP) is 2.77. The van der Waals surface area contributed by atoms with Crippen LogP contribution in [0.4, 0.5) is 0 Å². The summed E-state index contributed by atoms with van der Waals surface area (Å²) in [4.78, 5) is 37.6. The van der Waals surface area contributed by atoms with Gasteiger partial charge in [0.1, 0.15) is 6.04 Å². The monoisotopic (exact) mass is 352 g/mol. The van der Waals surface area contributed by atoms with Crippen LogP contribution in [-0.4, -0.2) is 28.7 Å². The van der Waals surface area contributed by atoms with Crippen molar-refractivity contribution in [3.05, 3.63) is 34.9 Å². The highest BCUT2D eigenvalue weighted by atomic mass is 16.2. The van der Waals surface area contributed by atoms with Crippen LogP contribution in [0.5, 0.6) is 0 Å². The Bertz CT molecular complexity index is 788. The molecular formula is C21H24N2O3. The number of imide groups is 1. The molecule has 0 radical (unpaired) electrons. The number of hydrogen-bond donors (Lipinski definition) is 1. The number of amides is 3. The van der Waals surface area contributed by atoms with Crippen LogP contribution in [0.3, 0.4) is 0 Å². The molecule has 0 spiro atoms. The van der Waals surface area contributed by atoms with E-state index in [2.05, 4.69) is 24.1 Å². The molecule has 1 unspecified atom stereocenters. The molecule has 2 heterocycles. The van der Waals surface area contributed by atoms with E-state index in [4.69, 9.17) is 0 Å². The van der Waals surface area contributed by atoms with Gasteiger partial charge in [-0.1, -0.05) is 38.0 Å². The smallest absolute Gasteiger partial charge is 0.255 e. The highest BCUT2D eigenvalue weighted by molar-refractivity contribution is 6.05. The first-order valence-electron chi connectivity index (χ1n) is 9.36. The number of rotatable bonds is 5. The zero-order chi connectivity index (χ0) is 18.5. The minimum atomic E-state index is -0.569. The summed E-state index contributed by atoms with van der Waals surface area (Å²) in [6, 6.07) is 5.03. The second-order valence-electron chi connectivity index (χ2n) is 6.88. The van der Waals surface area contributed by atoms with Crippen LogP contribution < -0.4 is 5.32 Å². The Morgan fingerprint density at radius 2 is 2.04 bits per heavy atom. The van der Waals surface area contributed by atoms with Crippen molar-refractivity contribution in [2.45, 2.75) is 64.5 Å². The number of benzene rings is 1. The lowest BCUT2D eigenvalue weighted by Crippen LogP contribution is -2.52. The highest BCUT2D eigenvalue weighted by Gasteiger charge is 2.38. The molecular weight excluding hydrogens is 328 g/mol. The molecule has 1 aromatic carbocycles. The van der Waals surface area contributed by atoms with Gasteiger partial charge in [-0.05, 0) is 36.6 Å². The molecule has 5 heteroatoms. The van der Waals surface area contributed by atoms with Crippen molar-refractivity contribution in [2.24, 2.45) is 0 Å². The van der Waals surface area contributed by atoms with Crippen molar-refractivity contribution in [1.82, 2.24) is 10.2 Å². The first-order chi connectivity index (χ1) is 12.6. The highest BCUT2D eigenvalue weighted by Crippen LogP contribution is 2.28. The Morgan fingerprint density at radius 1 is 1.19 bits per heavy atom. The van der Waals surface area contributed by atoms with Gasteiger partial charge in [0, 0.05) is 30.5 Å². The molecule has 5 nitrogen and oxygen atoms in total. The average Bonchev–Trinajstić information content (AvgIpc) is 2.94. The largest absolute Gasteiger partial charge is 0.322 e. The summed E-state index contributed by atoms with van der Waals surface area (Å²) < 4.78 is 0. The predicted molar refractivity (Wildman–Crippen MR) is 98.1 cm³/mol. The molecule has 0 aliphatic carbocycles. The number of carbonyl (C=O) groups is 3. The molecule has 0 bridgehead atoms. The maximum Gasteiger partial charge on any atom is 0.255 e. The van der Waals surface area contributed by atoms with E-state index in [-0.39, 0.29) is 24.1 Å². The number of carbonyl (C=O) groups excluding carboxylic acids is 3. The molecule has 2 aliphatic rings.